The summed E-state index contributed by atoms with van der Waals surface area (Å²) in [6.45, 7) is 2.47. The Balaban J connectivity index is 2.23. The third-order valence-electron chi connectivity index (χ3n) is 3.95. The molecule has 2 rings (SSSR count). The van der Waals surface area contributed by atoms with Gasteiger partial charge >= 0.3 is 0 Å². The molecule has 1 heterocycles. The molecule has 2 atom stereocenters. The maximum atomic E-state index is 12.6. The maximum Gasteiger partial charge on any atom is 0.234 e. The van der Waals surface area contributed by atoms with Crippen molar-refractivity contribution in [2.45, 2.75) is 38.3 Å². The van der Waals surface area contributed by atoms with E-state index in [9.17, 15) is 9.59 Å². The van der Waals surface area contributed by atoms with Crippen LogP contribution in [0, 0.1) is 0 Å². The van der Waals surface area contributed by atoms with Crippen LogP contribution in [0.1, 0.15) is 36.5 Å². The van der Waals surface area contributed by atoms with Gasteiger partial charge < -0.3 is 5.73 Å². The molecule has 4 nitrogen and oxygen atoms in total. The third-order valence-corrected chi connectivity index (χ3v) is 4.49. The molecular formula is C15H18Cl2N2O2. The summed E-state index contributed by atoms with van der Waals surface area (Å²) in [4.78, 5) is 26.1. The van der Waals surface area contributed by atoms with Crippen molar-refractivity contribution in [3.05, 3.63) is 33.8 Å². The van der Waals surface area contributed by atoms with Crippen LogP contribution < -0.4 is 5.73 Å². The lowest BCUT2D eigenvalue weighted by molar-refractivity contribution is -0.124. The van der Waals surface area contributed by atoms with Gasteiger partial charge in [-0.05, 0) is 44.5 Å². The molecule has 1 aromatic rings. The minimum absolute atomic E-state index is 0.121. The molecule has 1 aliphatic rings. The summed E-state index contributed by atoms with van der Waals surface area (Å²) >= 11 is 11.9. The molecule has 1 amide bonds. The van der Waals surface area contributed by atoms with Crippen molar-refractivity contribution < 1.29 is 9.59 Å². The minimum atomic E-state index is -0.443. The molecule has 0 aliphatic carbocycles. The maximum absolute atomic E-state index is 12.6. The average molecular weight is 329 g/mol. The number of benzene rings is 1. The van der Waals surface area contributed by atoms with Crippen LogP contribution in [0.15, 0.2) is 18.2 Å². The molecule has 1 aromatic carbocycles. The largest absolute Gasteiger partial charge is 0.368 e. The summed E-state index contributed by atoms with van der Waals surface area (Å²) in [6.07, 6.45) is 2.60. The third kappa shape index (κ3) is 3.57. The van der Waals surface area contributed by atoms with E-state index < -0.39 is 6.04 Å². The highest BCUT2D eigenvalue weighted by Gasteiger charge is 2.34. The summed E-state index contributed by atoms with van der Waals surface area (Å²) in [5.74, 6) is -0.499. The van der Waals surface area contributed by atoms with E-state index in [0.29, 0.717) is 28.6 Å². The normalized spacial score (nSPS) is 21.0. The van der Waals surface area contributed by atoms with Crippen LogP contribution in [-0.2, 0) is 4.79 Å². The second-order valence-corrected chi connectivity index (χ2v) is 6.16. The lowest BCUT2D eigenvalue weighted by Crippen LogP contribution is -2.53. The van der Waals surface area contributed by atoms with Gasteiger partial charge in [-0.15, -0.1) is 0 Å². The number of rotatable bonds is 4. The Hall–Kier alpha value is -1.10. The first-order chi connectivity index (χ1) is 9.91. The lowest BCUT2D eigenvalue weighted by Gasteiger charge is -2.37. The zero-order valence-electron chi connectivity index (χ0n) is 11.8. The number of nitrogens with two attached hydrogens (primary N) is 1. The molecule has 0 radical (unpaired) electrons. The summed E-state index contributed by atoms with van der Waals surface area (Å²) in [6, 6.07) is 3.97. The van der Waals surface area contributed by atoms with E-state index in [1.165, 1.54) is 0 Å². The number of hydrogen-bond donors (Lipinski definition) is 1. The average Bonchev–Trinajstić information content (AvgIpc) is 2.45. The van der Waals surface area contributed by atoms with Crippen LogP contribution in [0.3, 0.4) is 0 Å². The number of likely N-dealkylation sites (tertiary alicyclic amines) is 1. The molecule has 2 N–H and O–H groups in total. The number of primary amides is 1. The summed E-state index contributed by atoms with van der Waals surface area (Å²) in [7, 11) is 0. The van der Waals surface area contributed by atoms with Crippen molar-refractivity contribution in [1.82, 2.24) is 4.90 Å². The van der Waals surface area contributed by atoms with Gasteiger partial charge in [0.15, 0.2) is 5.78 Å². The van der Waals surface area contributed by atoms with Crippen LogP contribution in [0.5, 0.6) is 0 Å². The Bertz CT molecular complexity index is 563. The van der Waals surface area contributed by atoms with Crippen LogP contribution in [0.2, 0.25) is 10.0 Å². The van der Waals surface area contributed by atoms with E-state index in [1.807, 2.05) is 4.90 Å². The number of hydrogen-bond acceptors (Lipinski definition) is 3. The molecule has 114 valence electrons. The Labute approximate surface area is 134 Å². The monoisotopic (exact) mass is 328 g/mol. The Morgan fingerprint density at radius 2 is 2.05 bits per heavy atom. The molecule has 0 saturated carbocycles. The first-order valence-corrected chi connectivity index (χ1v) is 7.71. The van der Waals surface area contributed by atoms with Gasteiger partial charge in [-0.2, -0.15) is 0 Å². The van der Waals surface area contributed by atoms with E-state index in [-0.39, 0.29) is 17.7 Å². The van der Waals surface area contributed by atoms with Gasteiger partial charge in [0.1, 0.15) is 0 Å². The topological polar surface area (TPSA) is 63.4 Å². The van der Waals surface area contributed by atoms with E-state index in [4.69, 9.17) is 28.9 Å². The van der Waals surface area contributed by atoms with Crippen LogP contribution in [-0.4, -0.2) is 35.2 Å². The van der Waals surface area contributed by atoms with Crippen molar-refractivity contribution in [1.29, 1.82) is 0 Å². The smallest absolute Gasteiger partial charge is 0.234 e. The zero-order chi connectivity index (χ0) is 15.6. The molecule has 2 unspecified atom stereocenters. The van der Waals surface area contributed by atoms with Gasteiger partial charge in [-0.1, -0.05) is 29.6 Å². The number of carbonyl (C=O) groups excluding carboxylic acids is 2. The fourth-order valence-corrected chi connectivity index (χ4v) is 3.29. The van der Waals surface area contributed by atoms with E-state index >= 15 is 0 Å². The number of piperidine rings is 1. The van der Waals surface area contributed by atoms with Gasteiger partial charge in [-0.25, -0.2) is 0 Å². The molecule has 0 spiro atoms. The van der Waals surface area contributed by atoms with Gasteiger partial charge in [0.2, 0.25) is 5.91 Å². The van der Waals surface area contributed by atoms with E-state index in [2.05, 4.69) is 0 Å². The highest BCUT2D eigenvalue weighted by Crippen LogP contribution is 2.26. The van der Waals surface area contributed by atoms with E-state index in [1.54, 1.807) is 25.1 Å². The second kappa shape index (κ2) is 6.77. The first-order valence-electron chi connectivity index (χ1n) is 6.96. The number of Topliss-reactive ketones (excluding diaryl/α,β-unsaturated/α-hetero) is 1. The molecule has 1 fully saturated rings. The minimum Gasteiger partial charge on any atom is -0.368 e. The first kappa shape index (κ1) is 16.3. The molecular weight excluding hydrogens is 311 g/mol. The molecule has 1 aliphatic heterocycles. The second-order valence-electron chi connectivity index (χ2n) is 5.32. The highest BCUT2D eigenvalue weighted by atomic mass is 35.5. The highest BCUT2D eigenvalue weighted by molar-refractivity contribution is 6.37. The molecule has 6 heteroatoms. The molecule has 0 bridgehead atoms. The number of ketones is 1. The number of nitrogens with zero attached hydrogens (tertiary/aromatic N) is 1. The Morgan fingerprint density at radius 1 is 1.33 bits per heavy atom. The standard InChI is InChI=1S/C15H18Cl2N2O2/c1-9(19-7-3-2-4-13(19)15(18)21)14(20)11-6-5-10(16)8-12(11)17/h5-6,8-9,13H,2-4,7H2,1H3,(H2,18,21). The van der Waals surface area contributed by atoms with Crippen molar-refractivity contribution in [2.24, 2.45) is 5.73 Å². The van der Waals surface area contributed by atoms with Gasteiger partial charge in [0.05, 0.1) is 17.1 Å². The van der Waals surface area contributed by atoms with Gasteiger partial charge in [-0.3, -0.25) is 14.5 Å². The fraction of sp³-hybridized carbons (Fsp3) is 0.467. The number of halogens is 2. The number of amides is 1. The predicted octanol–water partition coefficient (Wildman–Crippen LogP) is 2.90. The van der Waals surface area contributed by atoms with Gasteiger partial charge in [0, 0.05) is 10.6 Å². The SMILES string of the molecule is CC(C(=O)c1ccc(Cl)cc1Cl)N1CCCCC1C(N)=O. The van der Waals surface area contributed by atoms with E-state index in [0.717, 1.165) is 12.8 Å². The van der Waals surface area contributed by atoms with Crippen molar-refractivity contribution >= 4 is 34.9 Å². The number of carbonyl (C=O) groups is 2. The fourth-order valence-electron chi connectivity index (χ4n) is 2.79. The van der Waals surface area contributed by atoms with Crippen LogP contribution in [0.25, 0.3) is 0 Å². The summed E-state index contributed by atoms with van der Waals surface area (Å²) in [5, 5.41) is 0.809. The van der Waals surface area contributed by atoms with Crippen molar-refractivity contribution in [3.8, 4) is 0 Å². The van der Waals surface area contributed by atoms with Crippen molar-refractivity contribution in [3.63, 3.8) is 0 Å². The Kier molecular flexibility index (Phi) is 5.25. The zero-order valence-corrected chi connectivity index (χ0v) is 13.3. The summed E-state index contributed by atoms with van der Waals surface area (Å²) < 4.78 is 0. The van der Waals surface area contributed by atoms with Crippen LogP contribution >= 0.6 is 23.2 Å². The summed E-state index contributed by atoms with van der Waals surface area (Å²) in [5.41, 5.74) is 5.87. The van der Waals surface area contributed by atoms with Crippen molar-refractivity contribution in [2.75, 3.05) is 6.54 Å². The van der Waals surface area contributed by atoms with Gasteiger partial charge in [0.25, 0.3) is 0 Å². The van der Waals surface area contributed by atoms with Crippen LogP contribution in [0.4, 0.5) is 0 Å². The predicted molar refractivity (Wildman–Crippen MR) is 83.8 cm³/mol. The molecule has 21 heavy (non-hydrogen) atoms. The molecule has 0 aromatic heterocycles. The Morgan fingerprint density at radius 3 is 2.67 bits per heavy atom. The quantitative estimate of drug-likeness (QED) is 0.864. The molecule has 1 saturated heterocycles. The lowest BCUT2D eigenvalue weighted by atomic mass is 9.96.